The highest BCUT2D eigenvalue weighted by Gasteiger charge is 2.11. The molecule has 9 nitrogen and oxygen atoms in total. The van der Waals surface area contributed by atoms with Crippen molar-refractivity contribution in [1.82, 2.24) is 25.4 Å². The SMILES string of the molecule is COc1ccc(C(=O)NCCNC(=O)CSc2nncn2-c2ccc(OC)cc2)cc1. The van der Waals surface area contributed by atoms with Gasteiger partial charge in [0.2, 0.25) is 5.91 Å². The molecule has 31 heavy (non-hydrogen) atoms. The zero-order valence-corrected chi connectivity index (χ0v) is 18.0. The third-order valence-corrected chi connectivity index (χ3v) is 5.23. The molecular weight excluding hydrogens is 418 g/mol. The minimum atomic E-state index is -0.209. The van der Waals surface area contributed by atoms with Crippen molar-refractivity contribution in [2.45, 2.75) is 5.16 Å². The molecule has 0 bridgehead atoms. The Morgan fingerprint density at radius 3 is 2.19 bits per heavy atom. The van der Waals surface area contributed by atoms with Crippen LogP contribution in [0.25, 0.3) is 5.69 Å². The molecule has 0 atom stereocenters. The number of nitrogens with one attached hydrogen (secondary N) is 2. The van der Waals surface area contributed by atoms with Gasteiger partial charge in [0.05, 0.1) is 20.0 Å². The van der Waals surface area contributed by atoms with E-state index in [0.717, 1.165) is 11.4 Å². The summed E-state index contributed by atoms with van der Waals surface area (Å²) in [5, 5.41) is 14.1. The van der Waals surface area contributed by atoms with Gasteiger partial charge in [-0.05, 0) is 48.5 Å². The van der Waals surface area contributed by atoms with Crippen molar-refractivity contribution < 1.29 is 19.1 Å². The van der Waals surface area contributed by atoms with Gasteiger partial charge in [0.25, 0.3) is 5.91 Å². The van der Waals surface area contributed by atoms with Gasteiger partial charge < -0.3 is 20.1 Å². The molecule has 0 radical (unpaired) electrons. The molecule has 1 aromatic heterocycles. The summed E-state index contributed by atoms with van der Waals surface area (Å²) in [5.41, 5.74) is 1.40. The first-order chi connectivity index (χ1) is 15.1. The lowest BCUT2D eigenvalue weighted by Gasteiger charge is -2.09. The monoisotopic (exact) mass is 441 g/mol. The first kappa shape index (κ1) is 22.2. The fraction of sp³-hybridized carbons (Fsp3) is 0.238. The summed E-state index contributed by atoms with van der Waals surface area (Å²) in [6, 6.07) is 14.3. The van der Waals surface area contributed by atoms with E-state index in [1.54, 1.807) is 49.4 Å². The molecule has 2 aromatic carbocycles. The summed E-state index contributed by atoms with van der Waals surface area (Å²) in [7, 11) is 3.18. The number of carbonyl (C=O) groups excluding carboxylic acids is 2. The summed E-state index contributed by atoms with van der Waals surface area (Å²) in [5.74, 6) is 1.25. The van der Waals surface area contributed by atoms with Gasteiger partial charge in [0.15, 0.2) is 5.16 Å². The quantitative estimate of drug-likeness (QED) is 0.366. The van der Waals surface area contributed by atoms with Crippen molar-refractivity contribution in [1.29, 1.82) is 0 Å². The lowest BCUT2D eigenvalue weighted by molar-refractivity contribution is -0.118. The Kier molecular flexibility index (Phi) is 7.88. The van der Waals surface area contributed by atoms with E-state index in [1.165, 1.54) is 11.8 Å². The highest BCUT2D eigenvalue weighted by molar-refractivity contribution is 7.99. The third-order valence-electron chi connectivity index (χ3n) is 4.28. The molecule has 0 aliphatic carbocycles. The number of rotatable bonds is 10. The Hall–Kier alpha value is -3.53. The standard InChI is InChI=1S/C21H23N5O4S/c1-29-17-7-3-15(4-8-17)20(28)23-12-11-22-19(27)13-31-21-25-24-14-26(21)16-5-9-18(30-2)10-6-16/h3-10,14H,11-13H2,1-2H3,(H,22,27)(H,23,28). The predicted octanol–water partition coefficient (Wildman–Crippen LogP) is 1.92. The van der Waals surface area contributed by atoms with Gasteiger partial charge in [0, 0.05) is 24.3 Å². The van der Waals surface area contributed by atoms with Gasteiger partial charge in [-0.15, -0.1) is 10.2 Å². The summed E-state index contributed by atoms with van der Waals surface area (Å²) >= 11 is 1.28. The van der Waals surface area contributed by atoms with Crippen LogP contribution in [0.15, 0.2) is 60.0 Å². The molecule has 0 aliphatic heterocycles. The number of carbonyl (C=O) groups is 2. The second kappa shape index (κ2) is 11.0. The molecule has 3 rings (SSSR count). The second-order valence-electron chi connectivity index (χ2n) is 6.30. The number of nitrogens with zero attached hydrogens (tertiary/aromatic N) is 3. The maximum absolute atomic E-state index is 12.1. The molecule has 2 N–H and O–H groups in total. The van der Waals surface area contributed by atoms with Crippen LogP contribution >= 0.6 is 11.8 Å². The van der Waals surface area contributed by atoms with E-state index < -0.39 is 0 Å². The second-order valence-corrected chi connectivity index (χ2v) is 7.25. The van der Waals surface area contributed by atoms with Crippen LogP contribution in [0.5, 0.6) is 11.5 Å². The van der Waals surface area contributed by atoms with Crippen molar-refractivity contribution in [3.63, 3.8) is 0 Å². The zero-order valence-electron chi connectivity index (χ0n) is 17.2. The van der Waals surface area contributed by atoms with Crippen molar-refractivity contribution in [2.24, 2.45) is 0 Å². The summed E-state index contributed by atoms with van der Waals surface area (Å²) in [6.07, 6.45) is 1.59. The van der Waals surface area contributed by atoms with Crippen molar-refractivity contribution in [3.05, 3.63) is 60.4 Å². The summed E-state index contributed by atoms with van der Waals surface area (Å²) < 4.78 is 12.0. The number of hydrogen-bond donors (Lipinski definition) is 2. The van der Waals surface area contributed by atoms with E-state index in [9.17, 15) is 9.59 Å². The minimum absolute atomic E-state index is 0.159. The Balaban J connectivity index is 1.40. The fourth-order valence-electron chi connectivity index (χ4n) is 2.65. The van der Waals surface area contributed by atoms with Crippen LogP contribution in [0.2, 0.25) is 0 Å². The van der Waals surface area contributed by atoms with Crippen LogP contribution in [-0.2, 0) is 4.79 Å². The number of thioether (sulfide) groups is 1. The molecule has 3 aromatic rings. The number of aromatic nitrogens is 3. The lowest BCUT2D eigenvalue weighted by Crippen LogP contribution is -2.35. The minimum Gasteiger partial charge on any atom is -0.497 e. The number of benzene rings is 2. The van der Waals surface area contributed by atoms with Crippen LogP contribution in [0.1, 0.15) is 10.4 Å². The van der Waals surface area contributed by atoms with Crippen LogP contribution < -0.4 is 20.1 Å². The lowest BCUT2D eigenvalue weighted by atomic mass is 10.2. The average Bonchev–Trinajstić information content (AvgIpc) is 3.29. The molecule has 0 spiro atoms. The maximum Gasteiger partial charge on any atom is 0.251 e. The van der Waals surface area contributed by atoms with Gasteiger partial charge in [-0.25, -0.2) is 0 Å². The topological polar surface area (TPSA) is 107 Å². The molecule has 0 unspecified atom stereocenters. The Bertz CT molecular complexity index is 1010. The summed E-state index contributed by atoms with van der Waals surface area (Å²) in [4.78, 5) is 24.2. The van der Waals surface area contributed by atoms with Gasteiger partial charge in [-0.2, -0.15) is 0 Å². The van der Waals surface area contributed by atoms with E-state index in [4.69, 9.17) is 9.47 Å². The number of hydrogen-bond acceptors (Lipinski definition) is 7. The van der Waals surface area contributed by atoms with Gasteiger partial charge in [0.1, 0.15) is 17.8 Å². The van der Waals surface area contributed by atoms with Crippen molar-refractivity contribution >= 4 is 23.6 Å². The van der Waals surface area contributed by atoms with Gasteiger partial charge in [-0.1, -0.05) is 11.8 Å². The molecular formula is C21H23N5O4S. The van der Waals surface area contributed by atoms with E-state index in [1.807, 2.05) is 24.3 Å². The fourth-order valence-corrected chi connectivity index (χ4v) is 3.41. The average molecular weight is 442 g/mol. The number of amides is 2. The molecule has 0 saturated carbocycles. The smallest absolute Gasteiger partial charge is 0.251 e. The van der Waals surface area contributed by atoms with Gasteiger partial charge in [-0.3, -0.25) is 14.2 Å². The Morgan fingerprint density at radius 2 is 1.55 bits per heavy atom. The molecule has 1 heterocycles. The molecule has 10 heteroatoms. The van der Waals surface area contributed by atoms with E-state index in [-0.39, 0.29) is 17.6 Å². The Labute approximate surface area is 184 Å². The van der Waals surface area contributed by atoms with Crippen molar-refractivity contribution in [2.75, 3.05) is 33.1 Å². The molecule has 0 aliphatic rings. The third kappa shape index (κ3) is 6.22. The van der Waals surface area contributed by atoms with E-state index in [2.05, 4.69) is 20.8 Å². The van der Waals surface area contributed by atoms with E-state index in [0.29, 0.717) is 29.6 Å². The largest absolute Gasteiger partial charge is 0.497 e. The molecule has 162 valence electrons. The highest BCUT2D eigenvalue weighted by atomic mass is 32.2. The highest BCUT2D eigenvalue weighted by Crippen LogP contribution is 2.21. The maximum atomic E-state index is 12.1. The number of methoxy groups -OCH3 is 2. The first-order valence-corrected chi connectivity index (χ1v) is 10.5. The normalized spacial score (nSPS) is 10.4. The molecule has 0 saturated heterocycles. The molecule has 2 amide bonds. The van der Waals surface area contributed by atoms with Crippen molar-refractivity contribution in [3.8, 4) is 17.2 Å². The number of ether oxygens (including phenoxy) is 2. The van der Waals surface area contributed by atoms with Crippen LogP contribution in [-0.4, -0.2) is 59.6 Å². The Morgan fingerprint density at radius 1 is 0.935 bits per heavy atom. The van der Waals surface area contributed by atoms with E-state index >= 15 is 0 Å². The molecule has 0 fully saturated rings. The zero-order chi connectivity index (χ0) is 22.1. The predicted molar refractivity (Wildman–Crippen MR) is 117 cm³/mol. The van der Waals surface area contributed by atoms with Crippen LogP contribution in [0.3, 0.4) is 0 Å². The first-order valence-electron chi connectivity index (χ1n) is 9.47. The summed E-state index contributed by atoms with van der Waals surface area (Å²) in [6.45, 7) is 0.649. The van der Waals surface area contributed by atoms with Gasteiger partial charge >= 0.3 is 0 Å². The van der Waals surface area contributed by atoms with Crippen LogP contribution in [0, 0.1) is 0 Å². The van der Waals surface area contributed by atoms with Crippen LogP contribution in [0.4, 0.5) is 0 Å².